The number of para-hydroxylation sites is 1. The summed E-state index contributed by atoms with van der Waals surface area (Å²) in [5.41, 5.74) is 2.36. The van der Waals surface area contributed by atoms with E-state index in [1.165, 1.54) is 7.11 Å². The molecule has 0 saturated carbocycles. The van der Waals surface area contributed by atoms with Gasteiger partial charge in [-0.3, -0.25) is 4.79 Å². The Kier molecular flexibility index (Phi) is 3.60. The van der Waals surface area contributed by atoms with Crippen LogP contribution in [0.4, 0.5) is 10.1 Å². The quantitative estimate of drug-likeness (QED) is 0.937. The number of carbonyl (C=O) groups excluding carboxylic acids is 1. The highest BCUT2D eigenvalue weighted by molar-refractivity contribution is 5.91. The van der Waals surface area contributed by atoms with Crippen molar-refractivity contribution in [1.29, 1.82) is 0 Å². The molecule has 1 aliphatic heterocycles. The Morgan fingerprint density at radius 3 is 2.90 bits per heavy atom. The summed E-state index contributed by atoms with van der Waals surface area (Å²) in [5, 5.41) is 3.21. The number of hydrogen-bond acceptors (Lipinski definition) is 3. The van der Waals surface area contributed by atoms with Gasteiger partial charge < -0.3 is 10.1 Å². The molecule has 0 amide bonds. The summed E-state index contributed by atoms with van der Waals surface area (Å²) in [4.78, 5) is 12.5. The monoisotopic (exact) mass is 285 g/mol. The SMILES string of the molecule is COc1cccc(CC(=O)C2CNc3ccccc32)c1F. The zero-order chi connectivity index (χ0) is 14.8. The lowest BCUT2D eigenvalue weighted by Crippen LogP contribution is -2.17. The van der Waals surface area contributed by atoms with Crippen LogP contribution in [0, 0.1) is 5.82 Å². The Balaban J connectivity index is 1.82. The van der Waals surface area contributed by atoms with Gasteiger partial charge in [0.15, 0.2) is 11.6 Å². The molecule has 3 nitrogen and oxygen atoms in total. The maximum Gasteiger partial charge on any atom is 0.168 e. The number of hydrogen-bond donors (Lipinski definition) is 1. The summed E-state index contributed by atoms with van der Waals surface area (Å²) in [5.74, 6) is -0.482. The third-order valence-electron chi connectivity index (χ3n) is 3.85. The number of nitrogens with one attached hydrogen (secondary N) is 1. The first kappa shape index (κ1) is 13.6. The molecule has 0 bridgehead atoms. The highest BCUT2D eigenvalue weighted by Crippen LogP contribution is 2.32. The van der Waals surface area contributed by atoms with Crippen molar-refractivity contribution in [3.8, 4) is 5.75 Å². The number of ketones is 1. The second kappa shape index (κ2) is 5.56. The van der Waals surface area contributed by atoms with Crippen LogP contribution in [-0.2, 0) is 11.2 Å². The molecule has 0 aliphatic carbocycles. The molecule has 4 heteroatoms. The van der Waals surface area contributed by atoms with Crippen LogP contribution in [0.15, 0.2) is 42.5 Å². The smallest absolute Gasteiger partial charge is 0.168 e. The van der Waals surface area contributed by atoms with Crippen LogP contribution in [0.3, 0.4) is 0 Å². The van der Waals surface area contributed by atoms with E-state index in [-0.39, 0.29) is 23.9 Å². The van der Waals surface area contributed by atoms with Crippen LogP contribution in [-0.4, -0.2) is 19.4 Å². The molecule has 0 spiro atoms. The van der Waals surface area contributed by atoms with Crippen molar-refractivity contribution in [3.05, 3.63) is 59.4 Å². The summed E-state index contributed by atoms with van der Waals surface area (Å²) >= 11 is 0. The fourth-order valence-corrected chi connectivity index (χ4v) is 2.73. The van der Waals surface area contributed by atoms with E-state index in [9.17, 15) is 9.18 Å². The van der Waals surface area contributed by atoms with E-state index in [4.69, 9.17) is 4.74 Å². The molecule has 1 N–H and O–H groups in total. The van der Waals surface area contributed by atoms with Crippen LogP contribution in [0.2, 0.25) is 0 Å². The minimum Gasteiger partial charge on any atom is -0.494 e. The van der Waals surface area contributed by atoms with Crippen LogP contribution in [0.5, 0.6) is 5.75 Å². The van der Waals surface area contributed by atoms with Gasteiger partial charge in [0.1, 0.15) is 5.78 Å². The zero-order valence-electron chi connectivity index (χ0n) is 11.7. The molecule has 21 heavy (non-hydrogen) atoms. The lowest BCUT2D eigenvalue weighted by atomic mass is 9.92. The molecule has 0 fully saturated rings. The number of methoxy groups -OCH3 is 1. The maximum atomic E-state index is 14.1. The summed E-state index contributed by atoms with van der Waals surface area (Å²) in [6, 6.07) is 12.6. The van der Waals surface area contributed by atoms with Gasteiger partial charge in [-0.05, 0) is 23.3 Å². The molecular weight excluding hydrogens is 269 g/mol. The van der Waals surface area contributed by atoms with Crippen molar-refractivity contribution < 1.29 is 13.9 Å². The van der Waals surface area contributed by atoms with Crippen LogP contribution in [0.1, 0.15) is 17.0 Å². The fraction of sp³-hybridized carbons (Fsp3) is 0.235. The summed E-state index contributed by atoms with van der Waals surface area (Å²) in [6.45, 7) is 0.573. The summed E-state index contributed by atoms with van der Waals surface area (Å²) in [7, 11) is 1.42. The highest BCUT2D eigenvalue weighted by atomic mass is 19.1. The maximum absolute atomic E-state index is 14.1. The van der Waals surface area contributed by atoms with Gasteiger partial charge in [-0.15, -0.1) is 0 Å². The summed E-state index contributed by atoms with van der Waals surface area (Å²) in [6.07, 6.45) is 0.0731. The number of anilines is 1. The van der Waals surface area contributed by atoms with Crippen LogP contribution in [0.25, 0.3) is 0 Å². The van der Waals surface area contributed by atoms with Crippen molar-refractivity contribution >= 4 is 11.5 Å². The first-order valence-corrected chi connectivity index (χ1v) is 6.87. The molecule has 1 atom stereocenters. The highest BCUT2D eigenvalue weighted by Gasteiger charge is 2.28. The van der Waals surface area contributed by atoms with Crippen molar-refractivity contribution in [2.75, 3.05) is 19.0 Å². The lowest BCUT2D eigenvalue weighted by molar-refractivity contribution is -0.119. The van der Waals surface area contributed by atoms with Gasteiger partial charge in [-0.1, -0.05) is 30.3 Å². The lowest BCUT2D eigenvalue weighted by Gasteiger charge is -2.11. The number of carbonyl (C=O) groups is 1. The molecule has 0 aromatic heterocycles. The Morgan fingerprint density at radius 1 is 1.29 bits per heavy atom. The van der Waals surface area contributed by atoms with E-state index >= 15 is 0 Å². The number of halogens is 1. The van der Waals surface area contributed by atoms with Gasteiger partial charge in [0.2, 0.25) is 0 Å². The average Bonchev–Trinajstić information content (AvgIpc) is 2.93. The average molecular weight is 285 g/mol. The minimum atomic E-state index is -0.451. The minimum absolute atomic E-state index is 0.0135. The van der Waals surface area contributed by atoms with Gasteiger partial charge in [0.25, 0.3) is 0 Å². The molecule has 2 aromatic rings. The van der Waals surface area contributed by atoms with Gasteiger partial charge in [-0.25, -0.2) is 4.39 Å². The molecule has 0 radical (unpaired) electrons. The van der Waals surface area contributed by atoms with Crippen LogP contribution >= 0.6 is 0 Å². The van der Waals surface area contributed by atoms with Crippen LogP contribution < -0.4 is 10.1 Å². The van der Waals surface area contributed by atoms with E-state index in [1.807, 2.05) is 24.3 Å². The molecule has 1 heterocycles. The first-order valence-electron chi connectivity index (χ1n) is 6.87. The zero-order valence-corrected chi connectivity index (χ0v) is 11.7. The Morgan fingerprint density at radius 2 is 2.10 bits per heavy atom. The van der Waals surface area contributed by atoms with Gasteiger partial charge in [-0.2, -0.15) is 0 Å². The predicted octanol–water partition coefficient (Wildman–Crippen LogP) is 3.16. The molecule has 108 valence electrons. The van der Waals surface area contributed by atoms with Gasteiger partial charge in [0, 0.05) is 18.7 Å². The topological polar surface area (TPSA) is 38.3 Å². The number of fused-ring (bicyclic) bond motifs is 1. The van der Waals surface area contributed by atoms with Crippen molar-refractivity contribution in [3.63, 3.8) is 0 Å². The van der Waals surface area contributed by atoms with Crippen molar-refractivity contribution in [2.45, 2.75) is 12.3 Å². The Bertz CT molecular complexity index is 684. The van der Waals surface area contributed by atoms with E-state index in [0.29, 0.717) is 12.1 Å². The second-order valence-corrected chi connectivity index (χ2v) is 5.10. The Labute approximate surface area is 122 Å². The molecule has 3 rings (SSSR count). The van der Waals surface area contributed by atoms with Crippen molar-refractivity contribution in [1.82, 2.24) is 0 Å². The molecule has 1 aliphatic rings. The largest absolute Gasteiger partial charge is 0.494 e. The van der Waals surface area contributed by atoms with Gasteiger partial charge in [0.05, 0.1) is 13.0 Å². The standard InChI is InChI=1S/C17H16FNO2/c1-21-16-8-4-5-11(17(16)18)9-15(20)13-10-19-14-7-3-2-6-12(13)14/h2-8,13,19H,9-10H2,1H3. The van der Waals surface area contributed by atoms with Gasteiger partial charge >= 0.3 is 0 Å². The normalized spacial score (nSPS) is 16.2. The van der Waals surface area contributed by atoms with E-state index in [2.05, 4.69) is 5.32 Å². The fourth-order valence-electron chi connectivity index (χ4n) is 2.73. The number of rotatable bonds is 4. The summed E-state index contributed by atoms with van der Waals surface area (Å²) < 4.78 is 19.1. The first-order chi connectivity index (χ1) is 10.2. The third-order valence-corrected chi connectivity index (χ3v) is 3.85. The second-order valence-electron chi connectivity index (χ2n) is 5.10. The van der Waals surface area contributed by atoms with E-state index in [0.717, 1.165) is 11.3 Å². The number of benzene rings is 2. The number of Topliss-reactive ketones (excluding diaryl/α,β-unsaturated/α-hetero) is 1. The predicted molar refractivity (Wildman–Crippen MR) is 79.3 cm³/mol. The van der Waals surface area contributed by atoms with E-state index in [1.54, 1.807) is 18.2 Å². The molecule has 2 aromatic carbocycles. The van der Waals surface area contributed by atoms with E-state index < -0.39 is 5.82 Å². The van der Waals surface area contributed by atoms with Crippen molar-refractivity contribution in [2.24, 2.45) is 0 Å². The molecule has 0 saturated heterocycles. The third kappa shape index (κ3) is 2.49. The molecule has 1 unspecified atom stereocenters. The Hall–Kier alpha value is -2.36. The molecular formula is C17H16FNO2. The number of ether oxygens (including phenoxy) is 1.